The van der Waals surface area contributed by atoms with E-state index in [0.29, 0.717) is 12.0 Å². The molecule has 29 heavy (non-hydrogen) atoms. The highest BCUT2D eigenvalue weighted by atomic mass is 16.2. The zero-order chi connectivity index (χ0) is 20.4. The van der Waals surface area contributed by atoms with Crippen LogP contribution in [0.5, 0.6) is 0 Å². The molecule has 1 amide bonds. The molecule has 4 heterocycles. The Hall–Kier alpha value is -2.25. The molecule has 2 aromatic rings. The third kappa shape index (κ3) is 4.67. The van der Waals surface area contributed by atoms with Crippen LogP contribution in [0.15, 0.2) is 36.5 Å². The van der Waals surface area contributed by atoms with E-state index in [1.165, 1.54) is 5.56 Å². The van der Waals surface area contributed by atoms with E-state index in [4.69, 9.17) is 0 Å². The molecule has 7 nitrogen and oxygen atoms in total. The van der Waals surface area contributed by atoms with E-state index in [1.54, 1.807) is 4.90 Å². The van der Waals surface area contributed by atoms with Crippen LogP contribution in [0.1, 0.15) is 24.1 Å². The van der Waals surface area contributed by atoms with Crippen molar-refractivity contribution in [3.8, 4) is 0 Å². The Labute approximate surface area is 173 Å². The van der Waals surface area contributed by atoms with Crippen molar-refractivity contribution in [1.82, 2.24) is 29.7 Å². The van der Waals surface area contributed by atoms with Gasteiger partial charge in [0.2, 0.25) is 5.91 Å². The zero-order valence-corrected chi connectivity index (χ0v) is 17.7. The van der Waals surface area contributed by atoms with Crippen LogP contribution in [0.3, 0.4) is 0 Å². The molecule has 0 saturated carbocycles. The molecule has 4 unspecified atom stereocenters. The minimum Gasteiger partial charge on any atom is -0.349 e. The summed E-state index contributed by atoms with van der Waals surface area (Å²) in [5.74, 6) is 0.940. The molecule has 3 aliphatic rings. The highest BCUT2D eigenvalue weighted by Crippen LogP contribution is 2.37. The van der Waals surface area contributed by atoms with Crippen molar-refractivity contribution in [3.63, 3.8) is 0 Å². The van der Waals surface area contributed by atoms with Gasteiger partial charge in [0, 0.05) is 46.0 Å². The van der Waals surface area contributed by atoms with E-state index in [0.717, 1.165) is 51.3 Å². The third-order valence-electron chi connectivity index (χ3n) is 6.35. The molecule has 0 spiro atoms. The molecule has 5 rings (SSSR count). The number of hydrogen-bond donors (Lipinski definition) is 0. The molecule has 3 saturated heterocycles. The van der Waals surface area contributed by atoms with E-state index in [-0.39, 0.29) is 11.8 Å². The van der Waals surface area contributed by atoms with E-state index in [9.17, 15) is 4.79 Å². The molecule has 3 aliphatic heterocycles. The summed E-state index contributed by atoms with van der Waals surface area (Å²) < 4.78 is 1.99. The first-order chi connectivity index (χ1) is 14.0. The van der Waals surface area contributed by atoms with Crippen molar-refractivity contribution in [2.24, 2.45) is 11.8 Å². The summed E-state index contributed by atoms with van der Waals surface area (Å²) in [6, 6.07) is 10.9. The Balaban J connectivity index is 1.31. The fourth-order valence-electron chi connectivity index (χ4n) is 4.88. The number of rotatable bonds is 7. The van der Waals surface area contributed by atoms with Gasteiger partial charge in [-0.05, 0) is 37.9 Å². The zero-order valence-electron chi connectivity index (χ0n) is 17.7. The fourth-order valence-corrected chi connectivity index (χ4v) is 4.88. The van der Waals surface area contributed by atoms with Gasteiger partial charge in [0.15, 0.2) is 0 Å². The number of carbonyl (C=O) groups is 1. The van der Waals surface area contributed by atoms with Gasteiger partial charge in [-0.15, -0.1) is 5.10 Å². The minimum absolute atomic E-state index is 0.160. The van der Waals surface area contributed by atoms with Crippen LogP contribution >= 0.6 is 0 Å². The van der Waals surface area contributed by atoms with Gasteiger partial charge in [-0.25, -0.2) is 0 Å². The summed E-state index contributed by atoms with van der Waals surface area (Å²) in [6.45, 7) is 4.51. The van der Waals surface area contributed by atoms with Crippen LogP contribution in [0.25, 0.3) is 0 Å². The monoisotopic (exact) mass is 396 g/mol. The fraction of sp³-hybridized carbons (Fsp3) is 0.591. The van der Waals surface area contributed by atoms with Crippen LogP contribution in [-0.4, -0.2) is 75.9 Å². The predicted octanol–water partition coefficient (Wildman–Crippen LogP) is 1.71. The summed E-state index contributed by atoms with van der Waals surface area (Å²) in [5.41, 5.74) is 2.30. The number of piperidine rings is 3. The van der Waals surface area contributed by atoms with E-state index in [1.807, 2.05) is 24.8 Å². The first-order valence-corrected chi connectivity index (χ1v) is 10.6. The van der Waals surface area contributed by atoms with E-state index >= 15 is 0 Å². The molecular weight excluding hydrogens is 364 g/mol. The Morgan fingerprint density at radius 2 is 1.97 bits per heavy atom. The first-order valence-electron chi connectivity index (χ1n) is 10.6. The van der Waals surface area contributed by atoms with Crippen molar-refractivity contribution >= 4 is 5.91 Å². The van der Waals surface area contributed by atoms with Gasteiger partial charge < -0.3 is 4.90 Å². The normalized spacial score (nSPS) is 26.1. The maximum atomic E-state index is 12.5. The number of carbonyl (C=O) groups excluding carboxylic acids is 1. The second kappa shape index (κ2) is 8.63. The average Bonchev–Trinajstić information content (AvgIpc) is 3.15. The van der Waals surface area contributed by atoms with Crippen LogP contribution < -0.4 is 0 Å². The summed E-state index contributed by atoms with van der Waals surface area (Å²) in [5, 5.41) is 8.76. The van der Waals surface area contributed by atoms with Crippen LogP contribution in [0.4, 0.5) is 0 Å². The summed E-state index contributed by atoms with van der Waals surface area (Å²) in [6.07, 6.45) is 4.29. The van der Waals surface area contributed by atoms with Gasteiger partial charge in [-0.2, -0.15) is 0 Å². The van der Waals surface area contributed by atoms with Crippen LogP contribution in [0.2, 0.25) is 0 Å². The number of benzene rings is 1. The SMILES string of the molecule is CN(Cc1ccccc1)Cc1cn(CC2CC3CCN2CC3C(=O)N(C)C)nn1. The third-order valence-corrected chi connectivity index (χ3v) is 6.35. The van der Waals surface area contributed by atoms with Gasteiger partial charge in [-0.3, -0.25) is 19.3 Å². The Morgan fingerprint density at radius 1 is 1.17 bits per heavy atom. The molecule has 2 bridgehead atoms. The van der Waals surface area contributed by atoms with Gasteiger partial charge in [-0.1, -0.05) is 35.5 Å². The van der Waals surface area contributed by atoms with Gasteiger partial charge >= 0.3 is 0 Å². The lowest BCUT2D eigenvalue weighted by atomic mass is 9.75. The molecule has 0 aliphatic carbocycles. The van der Waals surface area contributed by atoms with Crippen LogP contribution in [-0.2, 0) is 24.4 Å². The lowest BCUT2D eigenvalue weighted by Crippen LogP contribution is -2.57. The van der Waals surface area contributed by atoms with Crippen molar-refractivity contribution in [1.29, 1.82) is 0 Å². The quantitative estimate of drug-likeness (QED) is 0.713. The Kier molecular flexibility index (Phi) is 5.96. The van der Waals surface area contributed by atoms with Gasteiger partial charge in [0.1, 0.15) is 0 Å². The molecule has 7 heteroatoms. The topological polar surface area (TPSA) is 57.5 Å². The summed E-state index contributed by atoms with van der Waals surface area (Å²) in [7, 11) is 5.84. The Bertz CT molecular complexity index is 820. The van der Waals surface area contributed by atoms with Crippen LogP contribution in [0, 0.1) is 11.8 Å². The average molecular weight is 397 g/mol. The number of nitrogens with zero attached hydrogens (tertiary/aromatic N) is 6. The molecule has 0 N–H and O–H groups in total. The van der Waals surface area contributed by atoms with Gasteiger partial charge in [0.05, 0.1) is 18.2 Å². The smallest absolute Gasteiger partial charge is 0.226 e. The maximum absolute atomic E-state index is 12.5. The molecule has 156 valence electrons. The van der Waals surface area contributed by atoms with Crippen molar-refractivity contribution in [3.05, 3.63) is 47.8 Å². The molecule has 3 fully saturated rings. The molecule has 4 atom stereocenters. The highest BCUT2D eigenvalue weighted by molar-refractivity contribution is 5.79. The molecule has 1 aromatic heterocycles. The largest absolute Gasteiger partial charge is 0.349 e. The number of amides is 1. The van der Waals surface area contributed by atoms with Crippen molar-refractivity contribution in [2.45, 2.75) is 38.5 Å². The lowest BCUT2D eigenvalue weighted by Gasteiger charge is -2.49. The highest BCUT2D eigenvalue weighted by Gasteiger charge is 2.43. The second-order valence-electron chi connectivity index (χ2n) is 8.86. The Morgan fingerprint density at radius 3 is 2.66 bits per heavy atom. The lowest BCUT2D eigenvalue weighted by molar-refractivity contribution is -0.141. The summed E-state index contributed by atoms with van der Waals surface area (Å²) in [4.78, 5) is 18.9. The molecule has 0 radical (unpaired) electrons. The molecular formula is C22H32N6O. The number of fused-ring (bicyclic) bond motifs is 3. The predicted molar refractivity (Wildman–Crippen MR) is 112 cm³/mol. The minimum atomic E-state index is 0.160. The van der Waals surface area contributed by atoms with E-state index < -0.39 is 0 Å². The first kappa shape index (κ1) is 20.0. The molecule has 1 aromatic carbocycles. The van der Waals surface area contributed by atoms with Crippen molar-refractivity contribution in [2.75, 3.05) is 34.2 Å². The number of aromatic nitrogens is 3. The standard InChI is InChI=1S/C22H32N6O/c1-25(2)22(29)21-16-27-10-9-18(21)11-20(27)15-28-14-19(23-24-28)13-26(3)12-17-7-5-4-6-8-17/h4-8,14,18,20-21H,9-13,15-16H2,1-3H3. The second-order valence-corrected chi connectivity index (χ2v) is 8.86. The summed E-state index contributed by atoms with van der Waals surface area (Å²) >= 11 is 0. The maximum Gasteiger partial charge on any atom is 0.226 e. The number of hydrogen-bond acceptors (Lipinski definition) is 5. The van der Waals surface area contributed by atoms with Crippen molar-refractivity contribution < 1.29 is 4.79 Å². The van der Waals surface area contributed by atoms with E-state index in [2.05, 4.69) is 57.6 Å². The van der Waals surface area contributed by atoms with Gasteiger partial charge in [0.25, 0.3) is 0 Å².